The summed E-state index contributed by atoms with van der Waals surface area (Å²) in [5, 5.41) is 13.4. The SMILES string of the molecule is Cc1ccc(NC2CCOC(C)C2)c(C)c1O. The zero-order chi connectivity index (χ0) is 12.4. The molecule has 1 saturated heterocycles. The molecule has 0 aliphatic carbocycles. The molecule has 0 spiro atoms. The van der Waals surface area contributed by atoms with Crippen LogP contribution in [0.2, 0.25) is 0 Å². The molecule has 2 atom stereocenters. The van der Waals surface area contributed by atoms with Gasteiger partial charge in [-0.15, -0.1) is 0 Å². The van der Waals surface area contributed by atoms with Crippen molar-refractivity contribution in [1.82, 2.24) is 0 Å². The first-order valence-corrected chi connectivity index (χ1v) is 6.25. The first kappa shape index (κ1) is 12.2. The normalized spacial score (nSPS) is 24.6. The summed E-state index contributed by atoms with van der Waals surface area (Å²) in [7, 11) is 0. The van der Waals surface area contributed by atoms with Crippen molar-refractivity contribution in [1.29, 1.82) is 0 Å². The van der Waals surface area contributed by atoms with Gasteiger partial charge >= 0.3 is 0 Å². The van der Waals surface area contributed by atoms with Crippen LogP contribution in [-0.4, -0.2) is 23.9 Å². The molecule has 2 rings (SSSR count). The highest BCUT2D eigenvalue weighted by Crippen LogP contribution is 2.29. The standard InChI is InChI=1S/C14H21NO2/c1-9-4-5-13(11(3)14(9)16)15-12-6-7-17-10(2)8-12/h4-5,10,12,15-16H,6-8H2,1-3H3. The third-order valence-electron chi connectivity index (χ3n) is 3.48. The molecule has 1 aromatic carbocycles. The van der Waals surface area contributed by atoms with E-state index in [1.54, 1.807) is 0 Å². The molecule has 0 saturated carbocycles. The Bertz CT molecular complexity index is 403. The van der Waals surface area contributed by atoms with Crippen LogP contribution < -0.4 is 5.32 Å². The quantitative estimate of drug-likeness (QED) is 0.828. The van der Waals surface area contributed by atoms with Crippen LogP contribution in [0.25, 0.3) is 0 Å². The first-order valence-electron chi connectivity index (χ1n) is 6.25. The molecule has 0 aromatic heterocycles. The van der Waals surface area contributed by atoms with Crippen LogP contribution in [0.4, 0.5) is 5.69 Å². The number of hydrogen-bond acceptors (Lipinski definition) is 3. The van der Waals surface area contributed by atoms with Crippen LogP contribution in [0.15, 0.2) is 12.1 Å². The van der Waals surface area contributed by atoms with Crippen molar-refractivity contribution in [3.05, 3.63) is 23.3 Å². The van der Waals surface area contributed by atoms with Crippen molar-refractivity contribution in [3.8, 4) is 5.75 Å². The van der Waals surface area contributed by atoms with E-state index in [2.05, 4.69) is 12.2 Å². The van der Waals surface area contributed by atoms with Gasteiger partial charge in [0.2, 0.25) is 0 Å². The molecule has 2 N–H and O–H groups in total. The minimum Gasteiger partial charge on any atom is -0.507 e. The fourth-order valence-electron chi connectivity index (χ4n) is 2.34. The molecule has 2 unspecified atom stereocenters. The molecule has 1 aliphatic rings. The molecule has 0 bridgehead atoms. The van der Waals surface area contributed by atoms with E-state index >= 15 is 0 Å². The lowest BCUT2D eigenvalue weighted by Gasteiger charge is -2.29. The molecule has 3 heteroatoms. The lowest BCUT2D eigenvalue weighted by molar-refractivity contribution is 0.0232. The third kappa shape index (κ3) is 2.72. The van der Waals surface area contributed by atoms with E-state index in [0.717, 1.165) is 36.3 Å². The van der Waals surface area contributed by atoms with Gasteiger partial charge in [-0.2, -0.15) is 0 Å². The molecule has 1 aliphatic heterocycles. The third-order valence-corrected chi connectivity index (χ3v) is 3.48. The summed E-state index contributed by atoms with van der Waals surface area (Å²) in [4.78, 5) is 0. The minimum absolute atomic E-state index is 0.320. The summed E-state index contributed by atoms with van der Waals surface area (Å²) in [6.07, 6.45) is 2.37. The maximum absolute atomic E-state index is 9.90. The second-order valence-corrected chi connectivity index (χ2v) is 4.95. The Morgan fingerprint density at radius 2 is 2.12 bits per heavy atom. The number of rotatable bonds is 2. The summed E-state index contributed by atoms with van der Waals surface area (Å²) >= 11 is 0. The minimum atomic E-state index is 0.320. The highest BCUT2D eigenvalue weighted by Gasteiger charge is 2.20. The van der Waals surface area contributed by atoms with E-state index in [1.807, 2.05) is 26.0 Å². The molecule has 1 aromatic rings. The van der Waals surface area contributed by atoms with Gasteiger partial charge in [-0.25, -0.2) is 0 Å². The predicted octanol–water partition coefficient (Wildman–Crippen LogP) is 2.99. The van der Waals surface area contributed by atoms with Gasteiger partial charge in [-0.1, -0.05) is 6.07 Å². The van der Waals surface area contributed by atoms with Gasteiger partial charge in [0.05, 0.1) is 6.10 Å². The summed E-state index contributed by atoms with van der Waals surface area (Å²) in [6.45, 7) is 6.79. The largest absolute Gasteiger partial charge is 0.507 e. The van der Waals surface area contributed by atoms with Crippen LogP contribution in [0, 0.1) is 13.8 Å². The van der Waals surface area contributed by atoms with Crippen molar-refractivity contribution < 1.29 is 9.84 Å². The number of anilines is 1. The van der Waals surface area contributed by atoms with Gasteiger partial charge < -0.3 is 15.2 Å². The van der Waals surface area contributed by atoms with E-state index in [-0.39, 0.29) is 0 Å². The maximum Gasteiger partial charge on any atom is 0.123 e. The van der Waals surface area contributed by atoms with E-state index in [4.69, 9.17) is 4.74 Å². The zero-order valence-corrected chi connectivity index (χ0v) is 10.8. The molecule has 17 heavy (non-hydrogen) atoms. The Balaban J connectivity index is 2.10. The number of nitrogens with one attached hydrogen (secondary N) is 1. The van der Waals surface area contributed by atoms with Gasteiger partial charge in [0.1, 0.15) is 5.75 Å². The van der Waals surface area contributed by atoms with Crippen LogP contribution >= 0.6 is 0 Å². The lowest BCUT2D eigenvalue weighted by atomic mass is 10.0. The highest BCUT2D eigenvalue weighted by atomic mass is 16.5. The van der Waals surface area contributed by atoms with Crippen LogP contribution in [0.5, 0.6) is 5.75 Å². The first-order chi connectivity index (χ1) is 8.08. The lowest BCUT2D eigenvalue weighted by Crippen LogP contribution is -2.32. The Kier molecular flexibility index (Phi) is 3.57. The number of ether oxygens (including phenoxy) is 1. The van der Waals surface area contributed by atoms with E-state index in [1.165, 1.54) is 0 Å². The van der Waals surface area contributed by atoms with Crippen LogP contribution in [0.3, 0.4) is 0 Å². The number of aromatic hydroxyl groups is 1. The van der Waals surface area contributed by atoms with Crippen molar-refractivity contribution in [2.24, 2.45) is 0 Å². The molecule has 3 nitrogen and oxygen atoms in total. The Labute approximate surface area is 103 Å². The Hall–Kier alpha value is -1.22. The highest BCUT2D eigenvalue weighted by molar-refractivity contribution is 5.59. The second-order valence-electron chi connectivity index (χ2n) is 4.95. The fraction of sp³-hybridized carbons (Fsp3) is 0.571. The number of phenolic OH excluding ortho intramolecular Hbond substituents is 1. The van der Waals surface area contributed by atoms with Crippen molar-refractivity contribution >= 4 is 5.69 Å². The average molecular weight is 235 g/mol. The summed E-state index contributed by atoms with van der Waals surface area (Å²) in [5.74, 6) is 0.398. The van der Waals surface area contributed by atoms with Crippen LogP contribution in [0.1, 0.15) is 30.9 Å². The zero-order valence-electron chi connectivity index (χ0n) is 10.8. The van der Waals surface area contributed by atoms with Crippen molar-refractivity contribution in [2.45, 2.75) is 45.8 Å². The van der Waals surface area contributed by atoms with Gasteiger partial charge in [-0.3, -0.25) is 0 Å². The molecule has 1 fully saturated rings. The second kappa shape index (κ2) is 4.96. The van der Waals surface area contributed by atoms with E-state index in [9.17, 15) is 5.11 Å². The molecular formula is C14H21NO2. The van der Waals surface area contributed by atoms with Gasteiger partial charge in [-0.05, 0) is 45.2 Å². The van der Waals surface area contributed by atoms with E-state index in [0.29, 0.717) is 17.9 Å². The smallest absolute Gasteiger partial charge is 0.123 e. The Morgan fingerprint density at radius 1 is 1.35 bits per heavy atom. The molecule has 0 amide bonds. The maximum atomic E-state index is 9.90. The molecule has 1 heterocycles. The summed E-state index contributed by atoms with van der Waals surface area (Å²) < 4.78 is 5.53. The molecular weight excluding hydrogens is 214 g/mol. The van der Waals surface area contributed by atoms with Crippen molar-refractivity contribution in [3.63, 3.8) is 0 Å². The number of aryl methyl sites for hydroxylation is 1. The van der Waals surface area contributed by atoms with Crippen LogP contribution in [-0.2, 0) is 4.74 Å². The molecule has 0 radical (unpaired) electrons. The number of phenols is 1. The topological polar surface area (TPSA) is 41.5 Å². The average Bonchev–Trinajstić information content (AvgIpc) is 2.30. The fourth-order valence-corrected chi connectivity index (χ4v) is 2.34. The monoisotopic (exact) mass is 235 g/mol. The Morgan fingerprint density at radius 3 is 2.82 bits per heavy atom. The summed E-state index contributed by atoms with van der Waals surface area (Å²) in [6, 6.07) is 4.44. The van der Waals surface area contributed by atoms with Gasteiger partial charge in [0.25, 0.3) is 0 Å². The number of hydrogen-bond donors (Lipinski definition) is 2. The van der Waals surface area contributed by atoms with Gasteiger partial charge in [0, 0.05) is 23.9 Å². The van der Waals surface area contributed by atoms with E-state index < -0.39 is 0 Å². The van der Waals surface area contributed by atoms with Crippen molar-refractivity contribution in [2.75, 3.05) is 11.9 Å². The molecule has 94 valence electrons. The predicted molar refractivity (Wildman–Crippen MR) is 69.6 cm³/mol. The summed E-state index contributed by atoms with van der Waals surface area (Å²) in [5.41, 5.74) is 2.89. The number of benzene rings is 1. The van der Waals surface area contributed by atoms with Gasteiger partial charge in [0.15, 0.2) is 0 Å².